The van der Waals surface area contributed by atoms with Crippen molar-refractivity contribution < 1.29 is 4.79 Å². The van der Waals surface area contributed by atoms with Gasteiger partial charge in [0.15, 0.2) is 0 Å². The van der Waals surface area contributed by atoms with E-state index in [2.05, 4.69) is 24.4 Å². The molecular weight excluding hydrogens is 218 g/mol. The Balaban J connectivity index is 2.43. The van der Waals surface area contributed by atoms with Gasteiger partial charge in [-0.3, -0.25) is 4.79 Å². The van der Waals surface area contributed by atoms with Gasteiger partial charge in [-0.05, 0) is 25.1 Å². The first-order chi connectivity index (χ1) is 7.66. The van der Waals surface area contributed by atoms with E-state index in [4.69, 9.17) is 0 Å². The van der Waals surface area contributed by atoms with Crippen molar-refractivity contribution in [3.63, 3.8) is 0 Å². The second kappa shape index (κ2) is 4.49. The number of rotatable bonds is 2. The highest BCUT2D eigenvalue weighted by atomic mass is 32.1. The molecule has 0 atom stereocenters. The summed E-state index contributed by atoms with van der Waals surface area (Å²) in [5.41, 5.74) is 1.95. The van der Waals surface area contributed by atoms with E-state index in [0.717, 1.165) is 11.3 Å². The van der Waals surface area contributed by atoms with Crippen molar-refractivity contribution in [1.82, 2.24) is 0 Å². The number of para-hydroxylation sites is 1. The maximum atomic E-state index is 11.1. The molecule has 0 unspecified atom stereocenters. The molecule has 0 aliphatic rings. The highest BCUT2D eigenvalue weighted by Crippen LogP contribution is 2.33. The van der Waals surface area contributed by atoms with Crippen molar-refractivity contribution in [3.8, 4) is 10.4 Å². The molecule has 0 fully saturated rings. The first-order valence-corrected chi connectivity index (χ1v) is 5.92. The van der Waals surface area contributed by atoms with Crippen LogP contribution < -0.4 is 5.32 Å². The second-order valence-electron chi connectivity index (χ2n) is 3.64. The summed E-state index contributed by atoms with van der Waals surface area (Å²) in [7, 11) is 0. The number of anilines is 1. The number of carbonyl (C=O) groups excluding carboxylic acids is 1. The van der Waals surface area contributed by atoms with E-state index in [1.165, 1.54) is 16.7 Å². The summed E-state index contributed by atoms with van der Waals surface area (Å²) in [4.78, 5) is 13.5. The van der Waals surface area contributed by atoms with Gasteiger partial charge in [-0.1, -0.05) is 18.2 Å². The van der Waals surface area contributed by atoms with Crippen LogP contribution in [0.2, 0.25) is 0 Å². The average molecular weight is 231 g/mol. The summed E-state index contributed by atoms with van der Waals surface area (Å²) < 4.78 is 0. The minimum absolute atomic E-state index is 0.0410. The number of carbonyl (C=O) groups is 1. The molecule has 0 saturated heterocycles. The van der Waals surface area contributed by atoms with E-state index in [-0.39, 0.29) is 5.91 Å². The molecule has 0 spiro atoms. The topological polar surface area (TPSA) is 29.1 Å². The van der Waals surface area contributed by atoms with Crippen molar-refractivity contribution in [3.05, 3.63) is 41.3 Å². The van der Waals surface area contributed by atoms with Gasteiger partial charge in [0.2, 0.25) is 5.91 Å². The molecule has 1 aromatic heterocycles. The molecule has 3 heteroatoms. The zero-order chi connectivity index (χ0) is 11.5. The Morgan fingerprint density at radius 3 is 2.56 bits per heavy atom. The largest absolute Gasteiger partial charge is 0.326 e. The van der Waals surface area contributed by atoms with Gasteiger partial charge in [-0.25, -0.2) is 0 Å². The Kier molecular flexibility index (Phi) is 3.06. The zero-order valence-corrected chi connectivity index (χ0v) is 10.1. The van der Waals surface area contributed by atoms with Gasteiger partial charge in [-0.2, -0.15) is 0 Å². The summed E-state index contributed by atoms with van der Waals surface area (Å²) in [5, 5.41) is 2.85. The van der Waals surface area contributed by atoms with Crippen molar-refractivity contribution in [2.24, 2.45) is 0 Å². The van der Waals surface area contributed by atoms with Crippen LogP contribution in [0.1, 0.15) is 11.8 Å². The molecule has 1 aromatic carbocycles. The fourth-order valence-corrected chi connectivity index (χ4v) is 2.48. The number of nitrogens with one attached hydrogen (secondary N) is 1. The normalized spacial score (nSPS) is 10.1. The molecule has 2 aromatic rings. The molecular formula is C13H13NOS. The highest BCUT2D eigenvalue weighted by Gasteiger charge is 2.07. The number of thiophene rings is 1. The Bertz CT molecular complexity index is 516. The number of hydrogen-bond acceptors (Lipinski definition) is 2. The molecule has 16 heavy (non-hydrogen) atoms. The average Bonchev–Trinajstić information content (AvgIpc) is 2.65. The molecule has 0 aliphatic carbocycles. The van der Waals surface area contributed by atoms with Crippen molar-refractivity contribution in [2.45, 2.75) is 13.8 Å². The summed E-state index contributed by atoms with van der Waals surface area (Å²) in [5.74, 6) is -0.0410. The SMILES string of the molecule is CC(=O)Nc1ccccc1-c1ccc(C)s1. The first kappa shape index (κ1) is 10.9. The quantitative estimate of drug-likeness (QED) is 0.839. The lowest BCUT2D eigenvalue weighted by Gasteiger charge is -2.07. The number of hydrogen-bond donors (Lipinski definition) is 1. The van der Waals surface area contributed by atoms with Crippen LogP contribution >= 0.6 is 11.3 Å². The van der Waals surface area contributed by atoms with Crippen LogP contribution in [0, 0.1) is 6.92 Å². The summed E-state index contributed by atoms with van der Waals surface area (Å²) >= 11 is 1.73. The lowest BCUT2D eigenvalue weighted by Crippen LogP contribution is -2.06. The third-order valence-electron chi connectivity index (χ3n) is 2.24. The van der Waals surface area contributed by atoms with E-state index in [0.29, 0.717) is 0 Å². The summed E-state index contributed by atoms with van der Waals surface area (Å²) in [6.07, 6.45) is 0. The fourth-order valence-electron chi connectivity index (χ4n) is 1.58. The molecule has 1 amide bonds. The Morgan fingerprint density at radius 2 is 1.94 bits per heavy atom. The monoisotopic (exact) mass is 231 g/mol. The van der Waals surface area contributed by atoms with Gasteiger partial charge in [0.25, 0.3) is 0 Å². The standard InChI is InChI=1S/C13H13NOS/c1-9-7-8-13(16-9)11-5-3-4-6-12(11)14-10(2)15/h3-8H,1-2H3,(H,14,15). The van der Waals surface area contributed by atoms with Crippen LogP contribution in [0.25, 0.3) is 10.4 Å². The van der Waals surface area contributed by atoms with Crippen LogP contribution in [-0.4, -0.2) is 5.91 Å². The smallest absolute Gasteiger partial charge is 0.221 e. The van der Waals surface area contributed by atoms with E-state index < -0.39 is 0 Å². The summed E-state index contributed by atoms with van der Waals surface area (Å²) in [6, 6.07) is 12.0. The van der Waals surface area contributed by atoms with E-state index in [9.17, 15) is 4.79 Å². The minimum Gasteiger partial charge on any atom is -0.326 e. The highest BCUT2D eigenvalue weighted by molar-refractivity contribution is 7.15. The Labute approximate surface area is 98.9 Å². The maximum absolute atomic E-state index is 11.1. The molecule has 0 radical (unpaired) electrons. The maximum Gasteiger partial charge on any atom is 0.221 e. The predicted octanol–water partition coefficient (Wildman–Crippen LogP) is 3.68. The van der Waals surface area contributed by atoms with Gasteiger partial charge in [0, 0.05) is 27.9 Å². The van der Waals surface area contributed by atoms with Gasteiger partial charge < -0.3 is 5.32 Å². The molecule has 1 heterocycles. The third kappa shape index (κ3) is 2.31. The first-order valence-electron chi connectivity index (χ1n) is 5.10. The van der Waals surface area contributed by atoms with Gasteiger partial charge in [-0.15, -0.1) is 11.3 Å². The Hall–Kier alpha value is -1.61. The Morgan fingerprint density at radius 1 is 1.19 bits per heavy atom. The van der Waals surface area contributed by atoms with Crippen LogP contribution in [0.3, 0.4) is 0 Å². The molecule has 2 rings (SSSR count). The van der Waals surface area contributed by atoms with Gasteiger partial charge in [0.05, 0.1) is 0 Å². The molecule has 1 N–H and O–H groups in total. The molecule has 2 nitrogen and oxygen atoms in total. The van der Waals surface area contributed by atoms with Crippen molar-refractivity contribution in [1.29, 1.82) is 0 Å². The van der Waals surface area contributed by atoms with E-state index in [1.807, 2.05) is 24.3 Å². The van der Waals surface area contributed by atoms with Crippen molar-refractivity contribution >= 4 is 22.9 Å². The summed E-state index contributed by atoms with van der Waals surface area (Å²) in [6.45, 7) is 3.60. The van der Waals surface area contributed by atoms with E-state index in [1.54, 1.807) is 11.3 Å². The predicted molar refractivity (Wildman–Crippen MR) is 68.8 cm³/mol. The number of amides is 1. The minimum atomic E-state index is -0.0410. The fraction of sp³-hybridized carbons (Fsp3) is 0.154. The molecule has 0 bridgehead atoms. The van der Waals surface area contributed by atoms with Crippen LogP contribution in [0.4, 0.5) is 5.69 Å². The van der Waals surface area contributed by atoms with Crippen LogP contribution in [0.5, 0.6) is 0 Å². The lowest BCUT2D eigenvalue weighted by atomic mass is 10.1. The lowest BCUT2D eigenvalue weighted by molar-refractivity contribution is -0.114. The zero-order valence-electron chi connectivity index (χ0n) is 9.28. The molecule has 82 valence electrons. The molecule has 0 saturated carbocycles. The van der Waals surface area contributed by atoms with Gasteiger partial charge >= 0.3 is 0 Å². The van der Waals surface area contributed by atoms with Crippen molar-refractivity contribution in [2.75, 3.05) is 5.32 Å². The van der Waals surface area contributed by atoms with Gasteiger partial charge in [0.1, 0.15) is 0 Å². The second-order valence-corrected chi connectivity index (χ2v) is 4.92. The van der Waals surface area contributed by atoms with Crippen LogP contribution in [-0.2, 0) is 4.79 Å². The third-order valence-corrected chi connectivity index (χ3v) is 3.28. The number of aryl methyl sites for hydroxylation is 1. The van der Waals surface area contributed by atoms with Crippen LogP contribution in [0.15, 0.2) is 36.4 Å². The van der Waals surface area contributed by atoms with E-state index >= 15 is 0 Å². The number of benzene rings is 1. The molecule has 0 aliphatic heterocycles.